The van der Waals surface area contributed by atoms with Crippen LogP contribution in [-0.4, -0.2) is 16.7 Å². The molecule has 0 radical (unpaired) electrons. The number of aromatic nitrogens is 1. The van der Waals surface area contributed by atoms with Crippen molar-refractivity contribution < 1.29 is 9.59 Å². The van der Waals surface area contributed by atoms with Crippen LogP contribution >= 0.6 is 22.9 Å². The van der Waals surface area contributed by atoms with Gasteiger partial charge in [-0.05, 0) is 30.0 Å². The third-order valence-corrected chi connectivity index (χ3v) is 6.16. The van der Waals surface area contributed by atoms with E-state index in [0.29, 0.717) is 43.5 Å². The summed E-state index contributed by atoms with van der Waals surface area (Å²) in [5.41, 5.74) is 8.37. The quantitative estimate of drug-likeness (QED) is 0.639. The molecule has 0 spiro atoms. The fraction of sp³-hybridized carbons (Fsp3) is 0.250. The zero-order valence-electron chi connectivity index (χ0n) is 14.9. The number of hydrogen-bond donors (Lipinski definition) is 2. The van der Waals surface area contributed by atoms with Crippen LogP contribution < -0.4 is 11.1 Å². The lowest BCUT2D eigenvalue weighted by atomic mass is 9.75. The molecule has 1 aliphatic carbocycles. The van der Waals surface area contributed by atoms with Crippen molar-refractivity contribution in [1.82, 2.24) is 4.98 Å². The van der Waals surface area contributed by atoms with Crippen LogP contribution in [0.4, 0.5) is 11.4 Å². The highest BCUT2D eigenvalue weighted by Crippen LogP contribution is 2.39. The molecule has 4 rings (SSSR count). The largest absolute Gasteiger partial charge is 0.397 e. The smallest absolute Gasteiger partial charge is 0.267 e. The molecular weight excluding hydrogens is 382 g/mol. The molecule has 0 saturated carbocycles. The van der Waals surface area contributed by atoms with Crippen molar-refractivity contribution in [3.05, 3.63) is 51.5 Å². The molecule has 0 fully saturated rings. The summed E-state index contributed by atoms with van der Waals surface area (Å²) in [4.78, 5) is 30.9. The average Bonchev–Trinajstić information content (AvgIpc) is 2.91. The molecule has 5 nitrogen and oxygen atoms in total. The number of rotatable bonds is 2. The molecule has 0 saturated heterocycles. The second-order valence-electron chi connectivity index (χ2n) is 7.56. The number of thiophene rings is 1. The van der Waals surface area contributed by atoms with Crippen LogP contribution in [0, 0.1) is 5.41 Å². The van der Waals surface area contributed by atoms with E-state index >= 15 is 0 Å². The Balaban J connectivity index is 1.75. The minimum Gasteiger partial charge on any atom is -0.397 e. The van der Waals surface area contributed by atoms with Gasteiger partial charge in [0, 0.05) is 17.4 Å². The number of ketones is 1. The van der Waals surface area contributed by atoms with Gasteiger partial charge in [-0.2, -0.15) is 0 Å². The number of carbonyl (C=O) groups is 2. The van der Waals surface area contributed by atoms with Gasteiger partial charge in [0.25, 0.3) is 5.91 Å². The maximum absolute atomic E-state index is 12.7. The Hall–Kier alpha value is -2.44. The number of hydrogen-bond acceptors (Lipinski definition) is 5. The number of carbonyl (C=O) groups excluding carboxylic acids is 2. The highest BCUT2D eigenvalue weighted by Gasteiger charge is 2.33. The zero-order valence-corrected chi connectivity index (χ0v) is 16.5. The van der Waals surface area contributed by atoms with Crippen LogP contribution in [-0.2, 0) is 6.42 Å². The van der Waals surface area contributed by atoms with Crippen LogP contribution in [0.3, 0.4) is 0 Å². The molecule has 138 valence electrons. The number of nitrogens with zero attached hydrogens (tertiary/aromatic N) is 1. The lowest BCUT2D eigenvalue weighted by Gasteiger charge is -2.29. The monoisotopic (exact) mass is 399 g/mol. The minimum atomic E-state index is -0.340. The Morgan fingerprint density at radius 1 is 1.30 bits per heavy atom. The highest BCUT2D eigenvalue weighted by atomic mass is 35.5. The molecule has 2 heterocycles. The zero-order chi connectivity index (χ0) is 19.3. The number of anilines is 2. The summed E-state index contributed by atoms with van der Waals surface area (Å²) < 4.78 is 0. The molecule has 7 heteroatoms. The number of para-hydroxylation sites is 1. The van der Waals surface area contributed by atoms with Crippen LogP contribution in [0.15, 0.2) is 30.3 Å². The van der Waals surface area contributed by atoms with E-state index in [2.05, 4.69) is 24.1 Å². The fourth-order valence-electron chi connectivity index (χ4n) is 3.41. The van der Waals surface area contributed by atoms with Crippen molar-refractivity contribution in [3.8, 4) is 0 Å². The van der Waals surface area contributed by atoms with Gasteiger partial charge in [0.15, 0.2) is 5.78 Å². The predicted octanol–water partition coefficient (Wildman–Crippen LogP) is 4.94. The van der Waals surface area contributed by atoms with E-state index in [4.69, 9.17) is 17.3 Å². The summed E-state index contributed by atoms with van der Waals surface area (Å²) in [7, 11) is 0. The number of nitrogen functional groups attached to an aromatic ring is 1. The Morgan fingerprint density at radius 3 is 2.78 bits per heavy atom. The molecule has 0 aliphatic heterocycles. The number of amides is 1. The number of fused-ring (bicyclic) bond motifs is 2. The molecule has 0 unspecified atom stereocenters. The summed E-state index contributed by atoms with van der Waals surface area (Å²) in [6.07, 6.45) is 1.21. The van der Waals surface area contributed by atoms with E-state index in [9.17, 15) is 9.59 Å². The van der Waals surface area contributed by atoms with Crippen molar-refractivity contribution in [3.63, 3.8) is 0 Å². The fourth-order valence-corrected chi connectivity index (χ4v) is 4.58. The Kier molecular flexibility index (Phi) is 4.20. The summed E-state index contributed by atoms with van der Waals surface area (Å²) in [5.74, 6) is -0.267. The SMILES string of the molecule is CC1(C)CC(=O)c2cc3c(N)c(C(=O)Nc4ccccc4Cl)sc3nc2C1. The van der Waals surface area contributed by atoms with Gasteiger partial charge in [0.1, 0.15) is 9.71 Å². The third-order valence-electron chi connectivity index (χ3n) is 4.71. The van der Waals surface area contributed by atoms with Crippen LogP contribution in [0.2, 0.25) is 5.02 Å². The first-order valence-electron chi connectivity index (χ1n) is 8.56. The molecule has 2 aromatic heterocycles. The van der Waals surface area contributed by atoms with Crippen molar-refractivity contribution in [2.24, 2.45) is 5.41 Å². The Labute approximate surface area is 165 Å². The van der Waals surface area contributed by atoms with Gasteiger partial charge in [-0.1, -0.05) is 37.6 Å². The first-order chi connectivity index (χ1) is 12.7. The maximum atomic E-state index is 12.7. The van der Waals surface area contributed by atoms with Crippen molar-refractivity contribution >= 4 is 56.2 Å². The van der Waals surface area contributed by atoms with Gasteiger partial charge < -0.3 is 11.1 Å². The molecular formula is C20H18ClN3O2S. The molecule has 3 aromatic rings. The average molecular weight is 400 g/mol. The molecule has 0 atom stereocenters. The predicted molar refractivity (Wildman–Crippen MR) is 110 cm³/mol. The minimum absolute atomic E-state index is 0.0725. The van der Waals surface area contributed by atoms with Crippen LogP contribution in [0.5, 0.6) is 0 Å². The van der Waals surface area contributed by atoms with Gasteiger partial charge in [-0.15, -0.1) is 11.3 Å². The Morgan fingerprint density at radius 2 is 2.04 bits per heavy atom. The van der Waals surface area contributed by atoms with E-state index in [1.165, 1.54) is 11.3 Å². The molecule has 0 bridgehead atoms. The highest BCUT2D eigenvalue weighted by molar-refractivity contribution is 7.21. The summed E-state index contributed by atoms with van der Waals surface area (Å²) in [6.45, 7) is 4.12. The first-order valence-corrected chi connectivity index (χ1v) is 9.75. The van der Waals surface area contributed by atoms with Crippen LogP contribution in [0.25, 0.3) is 10.2 Å². The molecule has 1 aliphatic rings. The maximum Gasteiger partial charge on any atom is 0.267 e. The number of pyridine rings is 1. The van der Waals surface area contributed by atoms with Gasteiger partial charge >= 0.3 is 0 Å². The molecule has 1 amide bonds. The lowest BCUT2D eigenvalue weighted by Crippen LogP contribution is -2.27. The molecule has 27 heavy (non-hydrogen) atoms. The van der Waals surface area contributed by atoms with Gasteiger partial charge in [0.2, 0.25) is 0 Å². The van der Waals surface area contributed by atoms with E-state index in [1.807, 2.05) is 0 Å². The Bertz CT molecular complexity index is 1100. The van der Waals surface area contributed by atoms with Crippen molar-refractivity contribution in [2.75, 3.05) is 11.1 Å². The third kappa shape index (κ3) is 3.19. The summed E-state index contributed by atoms with van der Waals surface area (Å²) in [6, 6.07) is 8.79. The van der Waals surface area contributed by atoms with Crippen molar-refractivity contribution in [2.45, 2.75) is 26.7 Å². The molecule has 3 N–H and O–H groups in total. The van der Waals surface area contributed by atoms with Gasteiger partial charge in [-0.3, -0.25) is 9.59 Å². The van der Waals surface area contributed by atoms with E-state index in [-0.39, 0.29) is 17.1 Å². The lowest BCUT2D eigenvalue weighted by molar-refractivity contribution is 0.0910. The number of Topliss-reactive ketones (excluding diaryl/α,β-unsaturated/α-hetero) is 1. The molecule has 1 aromatic carbocycles. The summed E-state index contributed by atoms with van der Waals surface area (Å²) in [5, 5.41) is 3.88. The number of halogens is 1. The standard InChI is InChI=1S/C20H18ClN3O2S/c1-20(2)8-14-10(15(25)9-20)7-11-16(22)17(27-19(11)24-14)18(26)23-13-6-4-3-5-12(13)21/h3-7H,8-9,22H2,1-2H3,(H,23,26). The van der Waals surface area contributed by atoms with Gasteiger partial charge in [0.05, 0.1) is 22.1 Å². The number of nitrogens with one attached hydrogen (secondary N) is 1. The van der Waals surface area contributed by atoms with E-state index in [1.54, 1.807) is 30.3 Å². The van der Waals surface area contributed by atoms with E-state index < -0.39 is 0 Å². The first kappa shape index (κ1) is 17.9. The summed E-state index contributed by atoms with van der Waals surface area (Å²) >= 11 is 7.34. The van der Waals surface area contributed by atoms with Crippen LogP contribution in [0.1, 0.15) is 46.0 Å². The van der Waals surface area contributed by atoms with Crippen molar-refractivity contribution in [1.29, 1.82) is 0 Å². The number of nitrogens with two attached hydrogens (primary N) is 1. The van der Waals surface area contributed by atoms with E-state index in [0.717, 1.165) is 12.1 Å². The topological polar surface area (TPSA) is 85.1 Å². The second kappa shape index (κ2) is 6.32. The number of benzene rings is 1. The normalized spacial score (nSPS) is 15.6. The second-order valence-corrected chi connectivity index (χ2v) is 8.96. The van der Waals surface area contributed by atoms with Gasteiger partial charge in [-0.25, -0.2) is 4.98 Å².